The van der Waals surface area contributed by atoms with Gasteiger partial charge in [-0.1, -0.05) is 18.2 Å². The van der Waals surface area contributed by atoms with Crippen LogP contribution in [0.2, 0.25) is 0 Å². The summed E-state index contributed by atoms with van der Waals surface area (Å²) in [6.45, 7) is 6.31. The monoisotopic (exact) mass is 264 g/mol. The first-order valence-electron chi connectivity index (χ1n) is 7.02. The van der Waals surface area contributed by atoms with Gasteiger partial charge < -0.3 is 15.4 Å². The van der Waals surface area contributed by atoms with Crippen molar-refractivity contribution >= 4 is 0 Å². The highest BCUT2D eigenvalue weighted by Gasteiger charge is 2.10. The van der Waals surface area contributed by atoms with Crippen LogP contribution >= 0.6 is 0 Å². The summed E-state index contributed by atoms with van der Waals surface area (Å²) in [6.07, 6.45) is 3.23. The largest absolute Gasteiger partial charge is 0.496 e. The van der Waals surface area contributed by atoms with Gasteiger partial charge >= 0.3 is 0 Å². The average molecular weight is 264 g/mol. The molecule has 2 N–H and O–H groups in total. The van der Waals surface area contributed by atoms with Crippen LogP contribution in [0.4, 0.5) is 0 Å². The zero-order chi connectivity index (χ0) is 14.3. The second kappa shape index (κ2) is 7.51. The summed E-state index contributed by atoms with van der Waals surface area (Å²) in [7, 11) is 3.89. The highest BCUT2D eigenvalue weighted by Crippen LogP contribution is 2.18. The van der Waals surface area contributed by atoms with Crippen LogP contribution in [0.1, 0.15) is 32.3 Å². The maximum absolute atomic E-state index is 5.99. The van der Waals surface area contributed by atoms with Gasteiger partial charge in [0.25, 0.3) is 0 Å². The molecule has 0 saturated carbocycles. The topological polar surface area (TPSA) is 38.5 Å². The van der Waals surface area contributed by atoms with Crippen molar-refractivity contribution in [3.05, 3.63) is 29.8 Å². The van der Waals surface area contributed by atoms with E-state index in [0.29, 0.717) is 0 Å². The number of likely N-dealkylation sites (N-methyl/N-ethyl adjacent to an activating group) is 1. The summed E-state index contributed by atoms with van der Waals surface area (Å²) < 4.78 is 5.37. The van der Waals surface area contributed by atoms with Gasteiger partial charge in [0.15, 0.2) is 0 Å². The Bertz CT molecular complexity index is 371. The Morgan fingerprint density at radius 3 is 2.53 bits per heavy atom. The number of ether oxygens (including phenoxy) is 1. The molecule has 1 aromatic rings. The molecule has 0 atom stereocenters. The summed E-state index contributed by atoms with van der Waals surface area (Å²) in [4.78, 5) is 2.36. The Morgan fingerprint density at radius 2 is 1.89 bits per heavy atom. The number of nitrogens with zero attached hydrogens (tertiary/aromatic N) is 1. The number of benzene rings is 1. The van der Waals surface area contributed by atoms with E-state index >= 15 is 0 Å². The molecule has 0 aliphatic heterocycles. The Balaban J connectivity index is 2.32. The summed E-state index contributed by atoms with van der Waals surface area (Å²) in [5.74, 6) is 0.985. The normalized spacial score (nSPS) is 11.9. The van der Waals surface area contributed by atoms with Gasteiger partial charge in [-0.2, -0.15) is 0 Å². The van der Waals surface area contributed by atoms with E-state index in [4.69, 9.17) is 10.5 Å². The Labute approximate surface area is 117 Å². The van der Waals surface area contributed by atoms with E-state index in [0.717, 1.165) is 38.1 Å². The smallest absolute Gasteiger partial charge is 0.122 e. The van der Waals surface area contributed by atoms with E-state index in [9.17, 15) is 0 Å². The van der Waals surface area contributed by atoms with Gasteiger partial charge in [0, 0.05) is 12.1 Å². The van der Waals surface area contributed by atoms with Gasteiger partial charge in [-0.3, -0.25) is 0 Å². The van der Waals surface area contributed by atoms with Gasteiger partial charge in [-0.15, -0.1) is 0 Å². The minimum absolute atomic E-state index is 0.0521. The molecule has 0 unspecified atom stereocenters. The average Bonchev–Trinajstić information content (AvgIpc) is 2.35. The first-order chi connectivity index (χ1) is 8.92. The molecule has 1 rings (SSSR count). The molecule has 0 spiro atoms. The Kier molecular flexibility index (Phi) is 6.32. The van der Waals surface area contributed by atoms with Gasteiger partial charge in [0.2, 0.25) is 0 Å². The van der Waals surface area contributed by atoms with Crippen molar-refractivity contribution in [2.75, 3.05) is 27.2 Å². The Hall–Kier alpha value is -1.06. The maximum Gasteiger partial charge on any atom is 0.122 e. The predicted molar refractivity (Wildman–Crippen MR) is 81.7 cm³/mol. The molecular formula is C16H28N2O. The molecule has 0 heterocycles. The molecule has 108 valence electrons. The van der Waals surface area contributed by atoms with Crippen molar-refractivity contribution in [1.82, 2.24) is 4.90 Å². The van der Waals surface area contributed by atoms with E-state index in [1.807, 2.05) is 12.1 Å². The van der Waals surface area contributed by atoms with Crippen molar-refractivity contribution in [3.8, 4) is 5.75 Å². The molecule has 0 fully saturated rings. The van der Waals surface area contributed by atoms with Crippen LogP contribution in [0.15, 0.2) is 24.3 Å². The van der Waals surface area contributed by atoms with Crippen molar-refractivity contribution in [2.45, 2.75) is 38.6 Å². The fourth-order valence-corrected chi connectivity index (χ4v) is 2.14. The van der Waals surface area contributed by atoms with Gasteiger partial charge in [-0.25, -0.2) is 0 Å². The van der Waals surface area contributed by atoms with E-state index in [1.165, 1.54) is 5.56 Å². The summed E-state index contributed by atoms with van der Waals surface area (Å²) >= 11 is 0. The summed E-state index contributed by atoms with van der Waals surface area (Å²) in [5.41, 5.74) is 7.21. The molecular weight excluding hydrogens is 236 g/mol. The number of hydrogen-bond acceptors (Lipinski definition) is 3. The molecule has 3 heteroatoms. The zero-order valence-electron chi connectivity index (χ0n) is 12.8. The third kappa shape index (κ3) is 6.60. The van der Waals surface area contributed by atoms with Gasteiger partial charge in [0.05, 0.1) is 7.11 Å². The van der Waals surface area contributed by atoms with Gasteiger partial charge in [-0.05, 0) is 58.3 Å². The minimum Gasteiger partial charge on any atom is -0.496 e. The third-order valence-electron chi connectivity index (χ3n) is 3.32. The highest BCUT2D eigenvalue weighted by molar-refractivity contribution is 5.33. The molecule has 19 heavy (non-hydrogen) atoms. The predicted octanol–water partition coefficient (Wildman–Crippen LogP) is 2.69. The fraction of sp³-hybridized carbons (Fsp3) is 0.625. The molecule has 0 amide bonds. The summed E-state index contributed by atoms with van der Waals surface area (Å²) in [5, 5.41) is 0. The van der Waals surface area contributed by atoms with Crippen molar-refractivity contribution in [2.24, 2.45) is 5.73 Å². The summed E-state index contributed by atoms with van der Waals surface area (Å²) in [6, 6.07) is 8.23. The zero-order valence-corrected chi connectivity index (χ0v) is 12.8. The minimum atomic E-state index is -0.0521. The number of hydrogen-bond donors (Lipinski definition) is 1. The van der Waals surface area contributed by atoms with Crippen LogP contribution in [0.5, 0.6) is 5.75 Å². The van der Waals surface area contributed by atoms with Crippen LogP contribution in [-0.4, -0.2) is 37.7 Å². The number of rotatable bonds is 8. The standard InChI is InChI=1S/C16H28N2O/c1-16(2,17)11-7-12-18(3)13-10-14-8-5-6-9-15(14)19-4/h5-6,8-9H,7,10-13,17H2,1-4H3. The third-order valence-corrected chi connectivity index (χ3v) is 3.32. The van der Waals surface area contributed by atoms with Crippen molar-refractivity contribution in [1.29, 1.82) is 0 Å². The second-order valence-electron chi connectivity index (χ2n) is 5.96. The lowest BCUT2D eigenvalue weighted by atomic mass is 10.00. The van der Waals surface area contributed by atoms with Crippen molar-refractivity contribution < 1.29 is 4.74 Å². The first-order valence-corrected chi connectivity index (χ1v) is 7.02. The van der Waals surface area contributed by atoms with Crippen molar-refractivity contribution in [3.63, 3.8) is 0 Å². The van der Waals surface area contributed by atoms with E-state index in [1.54, 1.807) is 7.11 Å². The number of methoxy groups -OCH3 is 1. The van der Waals surface area contributed by atoms with Crippen LogP contribution < -0.4 is 10.5 Å². The molecule has 1 aromatic carbocycles. The number of nitrogens with two attached hydrogens (primary N) is 1. The van der Waals surface area contributed by atoms with E-state index in [-0.39, 0.29) is 5.54 Å². The Morgan fingerprint density at radius 1 is 1.21 bits per heavy atom. The molecule has 0 bridgehead atoms. The molecule has 0 aliphatic rings. The first kappa shape index (κ1) is 16.0. The van der Waals surface area contributed by atoms with Crippen LogP contribution in [-0.2, 0) is 6.42 Å². The van der Waals surface area contributed by atoms with E-state index in [2.05, 4.69) is 37.9 Å². The highest BCUT2D eigenvalue weighted by atomic mass is 16.5. The fourth-order valence-electron chi connectivity index (χ4n) is 2.14. The van der Waals surface area contributed by atoms with Crippen LogP contribution in [0, 0.1) is 0 Å². The van der Waals surface area contributed by atoms with Crippen LogP contribution in [0.25, 0.3) is 0 Å². The molecule has 0 saturated heterocycles. The second-order valence-corrected chi connectivity index (χ2v) is 5.96. The molecule has 0 aliphatic carbocycles. The lowest BCUT2D eigenvalue weighted by Crippen LogP contribution is -2.33. The molecule has 0 radical (unpaired) electrons. The quantitative estimate of drug-likeness (QED) is 0.784. The number of para-hydroxylation sites is 1. The van der Waals surface area contributed by atoms with Gasteiger partial charge in [0.1, 0.15) is 5.75 Å². The van der Waals surface area contributed by atoms with Crippen LogP contribution in [0.3, 0.4) is 0 Å². The molecule has 0 aromatic heterocycles. The lowest BCUT2D eigenvalue weighted by Gasteiger charge is -2.21. The molecule has 3 nitrogen and oxygen atoms in total. The SMILES string of the molecule is COc1ccccc1CCN(C)CCCC(C)(C)N. The maximum atomic E-state index is 5.99. The van der Waals surface area contributed by atoms with E-state index < -0.39 is 0 Å². The lowest BCUT2D eigenvalue weighted by molar-refractivity contribution is 0.311.